The standard InChI is InChI=1S/C23H24N4O5/c1-30-18-8-7-16-21(22(18)32-12-4-6-20(29)31-2)26-19(27-11-10-25-23(16)27)13-17(28)15-5-3-9-24-14-15/h3,5,7-9,13-14,28H,4,6,10-12H2,1-2H3/b17-13-. The van der Waals surface area contributed by atoms with Crippen molar-refractivity contribution in [3.8, 4) is 11.5 Å². The van der Waals surface area contributed by atoms with Gasteiger partial charge in [-0.05, 0) is 30.7 Å². The minimum Gasteiger partial charge on any atom is -0.507 e. The van der Waals surface area contributed by atoms with E-state index in [1.54, 1.807) is 37.7 Å². The lowest BCUT2D eigenvalue weighted by Gasteiger charge is -2.27. The molecule has 9 nitrogen and oxygen atoms in total. The Kier molecular flexibility index (Phi) is 6.34. The van der Waals surface area contributed by atoms with Gasteiger partial charge in [0.1, 0.15) is 23.1 Å². The molecule has 2 aromatic rings. The van der Waals surface area contributed by atoms with Crippen LogP contribution < -0.4 is 9.47 Å². The van der Waals surface area contributed by atoms with E-state index >= 15 is 0 Å². The van der Waals surface area contributed by atoms with E-state index in [1.807, 2.05) is 17.0 Å². The predicted octanol–water partition coefficient (Wildman–Crippen LogP) is 3.13. The maximum atomic E-state index is 11.4. The molecule has 0 spiro atoms. The van der Waals surface area contributed by atoms with Crippen LogP contribution in [0.2, 0.25) is 0 Å². The largest absolute Gasteiger partial charge is 0.507 e. The van der Waals surface area contributed by atoms with E-state index in [9.17, 15) is 9.90 Å². The van der Waals surface area contributed by atoms with Crippen LogP contribution in [0.15, 0.2) is 52.7 Å². The van der Waals surface area contributed by atoms with Crippen LogP contribution in [0, 0.1) is 0 Å². The summed E-state index contributed by atoms with van der Waals surface area (Å²) in [4.78, 5) is 26.8. The first-order valence-corrected chi connectivity index (χ1v) is 10.2. The van der Waals surface area contributed by atoms with Crippen LogP contribution in [0.4, 0.5) is 5.69 Å². The molecule has 0 atom stereocenters. The van der Waals surface area contributed by atoms with Gasteiger partial charge in [-0.25, -0.2) is 4.99 Å². The molecular weight excluding hydrogens is 412 g/mol. The van der Waals surface area contributed by atoms with Crippen LogP contribution in [0.25, 0.3) is 5.76 Å². The van der Waals surface area contributed by atoms with Crippen LogP contribution in [0.1, 0.15) is 24.0 Å². The molecule has 2 aliphatic heterocycles. The van der Waals surface area contributed by atoms with Crippen molar-refractivity contribution in [3.63, 3.8) is 0 Å². The highest BCUT2D eigenvalue weighted by Gasteiger charge is 2.32. The Morgan fingerprint density at radius 2 is 2.16 bits per heavy atom. The molecule has 0 unspecified atom stereocenters. The van der Waals surface area contributed by atoms with Gasteiger partial charge in [-0.15, -0.1) is 0 Å². The molecule has 9 heteroatoms. The number of esters is 1. The summed E-state index contributed by atoms with van der Waals surface area (Å²) in [7, 11) is 2.92. The molecule has 1 N–H and O–H groups in total. The number of rotatable bonds is 8. The number of aliphatic imine (C=N–C) groups is 2. The first-order chi connectivity index (χ1) is 15.6. The van der Waals surface area contributed by atoms with Crippen molar-refractivity contribution in [2.24, 2.45) is 9.98 Å². The number of ether oxygens (including phenoxy) is 3. The molecule has 0 saturated heterocycles. The number of fused-ring (bicyclic) bond motifs is 3. The van der Waals surface area contributed by atoms with Crippen LogP contribution in [-0.2, 0) is 9.53 Å². The second kappa shape index (κ2) is 9.51. The van der Waals surface area contributed by atoms with Gasteiger partial charge in [0.25, 0.3) is 0 Å². The summed E-state index contributed by atoms with van der Waals surface area (Å²) >= 11 is 0. The lowest BCUT2D eigenvalue weighted by molar-refractivity contribution is -0.140. The van der Waals surface area contributed by atoms with Gasteiger partial charge >= 0.3 is 5.97 Å². The number of carbonyl (C=O) groups excluding carboxylic acids is 1. The fourth-order valence-electron chi connectivity index (χ4n) is 3.54. The zero-order valence-electron chi connectivity index (χ0n) is 17.9. The molecule has 0 amide bonds. The minimum absolute atomic E-state index is 0.0509. The molecule has 2 aliphatic rings. The van der Waals surface area contributed by atoms with Gasteiger partial charge in [0.15, 0.2) is 11.5 Å². The zero-order chi connectivity index (χ0) is 22.5. The SMILES string of the molecule is COC(=O)CCCOc1c(OC)ccc2c1N=C(/C=C(\O)c1cccnc1)N1CCN=C21. The van der Waals surface area contributed by atoms with E-state index in [0.29, 0.717) is 54.7 Å². The molecule has 166 valence electrons. The molecule has 1 aromatic carbocycles. The van der Waals surface area contributed by atoms with Crippen molar-refractivity contribution in [3.05, 3.63) is 53.9 Å². The summed E-state index contributed by atoms with van der Waals surface area (Å²) in [6.07, 6.45) is 5.57. The Morgan fingerprint density at radius 1 is 1.28 bits per heavy atom. The summed E-state index contributed by atoms with van der Waals surface area (Å²) in [6, 6.07) is 7.24. The fourth-order valence-corrected chi connectivity index (χ4v) is 3.54. The highest BCUT2D eigenvalue weighted by molar-refractivity contribution is 6.20. The highest BCUT2D eigenvalue weighted by atomic mass is 16.5. The number of aliphatic hydroxyl groups is 1. The number of benzene rings is 1. The minimum atomic E-state index is -0.289. The molecule has 3 heterocycles. The van der Waals surface area contributed by atoms with Crippen molar-refractivity contribution >= 4 is 29.1 Å². The lowest BCUT2D eigenvalue weighted by Crippen LogP contribution is -2.36. The summed E-state index contributed by atoms with van der Waals surface area (Å²) in [5.41, 5.74) is 1.98. The maximum Gasteiger partial charge on any atom is 0.305 e. The highest BCUT2D eigenvalue weighted by Crippen LogP contribution is 2.43. The summed E-state index contributed by atoms with van der Waals surface area (Å²) in [5.74, 6) is 2.07. The third kappa shape index (κ3) is 4.27. The van der Waals surface area contributed by atoms with E-state index in [-0.39, 0.29) is 18.1 Å². The van der Waals surface area contributed by atoms with E-state index in [0.717, 1.165) is 11.4 Å². The van der Waals surface area contributed by atoms with Crippen molar-refractivity contribution in [2.45, 2.75) is 12.8 Å². The normalized spacial score (nSPS) is 14.8. The van der Waals surface area contributed by atoms with Gasteiger partial charge in [0.05, 0.1) is 27.4 Å². The molecule has 0 aliphatic carbocycles. The lowest BCUT2D eigenvalue weighted by atomic mass is 10.1. The average molecular weight is 436 g/mol. The van der Waals surface area contributed by atoms with Crippen LogP contribution >= 0.6 is 0 Å². The zero-order valence-corrected chi connectivity index (χ0v) is 17.9. The molecule has 4 rings (SSSR count). The number of hydrogen-bond donors (Lipinski definition) is 1. The second-order valence-corrected chi connectivity index (χ2v) is 7.12. The number of nitrogens with zero attached hydrogens (tertiary/aromatic N) is 4. The van der Waals surface area contributed by atoms with E-state index in [2.05, 4.69) is 14.7 Å². The number of amidine groups is 2. The monoisotopic (exact) mass is 436 g/mol. The van der Waals surface area contributed by atoms with Gasteiger partial charge in [-0.1, -0.05) is 0 Å². The molecule has 0 fully saturated rings. The predicted molar refractivity (Wildman–Crippen MR) is 120 cm³/mol. The summed E-state index contributed by atoms with van der Waals surface area (Å²) in [5, 5.41) is 10.6. The molecule has 0 saturated carbocycles. The Hall–Kier alpha value is -3.88. The van der Waals surface area contributed by atoms with Crippen molar-refractivity contribution in [2.75, 3.05) is 33.9 Å². The number of methoxy groups -OCH3 is 2. The molecule has 32 heavy (non-hydrogen) atoms. The van der Waals surface area contributed by atoms with Gasteiger partial charge in [-0.2, -0.15) is 0 Å². The summed E-state index contributed by atoms with van der Waals surface area (Å²) in [6.45, 7) is 1.57. The number of aromatic nitrogens is 1. The van der Waals surface area contributed by atoms with Crippen LogP contribution in [0.3, 0.4) is 0 Å². The van der Waals surface area contributed by atoms with E-state index < -0.39 is 0 Å². The fraction of sp³-hybridized carbons (Fsp3) is 0.304. The van der Waals surface area contributed by atoms with Crippen LogP contribution in [-0.4, -0.2) is 66.5 Å². The Morgan fingerprint density at radius 3 is 2.91 bits per heavy atom. The maximum absolute atomic E-state index is 11.4. The average Bonchev–Trinajstić information content (AvgIpc) is 3.32. The van der Waals surface area contributed by atoms with Gasteiger partial charge in [0.2, 0.25) is 0 Å². The molecule has 1 aromatic heterocycles. The molecular formula is C23H24N4O5. The van der Waals surface area contributed by atoms with Crippen molar-refractivity contribution in [1.29, 1.82) is 0 Å². The van der Waals surface area contributed by atoms with Gasteiger partial charge < -0.3 is 24.2 Å². The van der Waals surface area contributed by atoms with Crippen LogP contribution in [0.5, 0.6) is 11.5 Å². The smallest absolute Gasteiger partial charge is 0.305 e. The third-order valence-corrected chi connectivity index (χ3v) is 5.12. The Balaban J connectivity index is 1.70. The van der Waals surface area contributed by atoms with Gasteiger partial charge in [-0.3, -0.25) is 14.8 Å². The van der Waals surface area contributed by atoms with Crippen molar-refractivity contribution in [1.82, 2.24) is 9.88 Å². The number of carbonyl (C=O) groups is 1. The third-order valence-electron chi connectivity index (χ3n) is 5.12. The van der Waals surface area contributed by atoms with Crippen molar-refractivity contribution < 1.29 is 24.1 Å². The van der Waals surface area contributed by atoms with E-state index in [4.69, 9.17) is 14.5 Å². The Bertz CT molecular complexity index is 1100. The molecule has 0 bridgehead atoms. The first kappa shape index (κ1) is 21.4. The number of hydrogen-bond acceptors (Lipinski definition) is 9. The molecule has 0 radical (unpaired) electrons. The second-order valence-electron chi connectivity index (χ2n) is 7.12. The number of pyridine rings is 1. The quantitative estimate of drug-likeness (QED) is 0.385. The van der Waals surface area contributed by atoms with Gasteiger partial charge in [0, 0.05) is 42.6 Å². The first-order valence-electron chi connectivity index (χ1n) is 10.2. The summed E-state index contributed by atoms with van der Waals surface area (Å²) < 4.78 is 16.2. The topological polar surface area (TPSA) is 106 Å². The van der Waals surface area contributed by atoms with E-state index in [1.165, 1.54) is 7.11 Å². The Labute approximate surface area is 185 Å². The number of aliphatic hydroxyl groups excluding tert-OH is 1.